The molecular formula is C13H13NO5. The van der Waals surface area contributed by atoms with Crippen LogP contribution in [0.4, 0.5) is 0 Å². The fraction of sp³-hybridized carbons (Fsp3) is 0.308. The van der Waals surface area contributed by atoms with Crippen LogP contribution in [-0.4, -0.2) is 47.0 Å². The molecule has 1 N–H and O–H groups in total. The summed E-state index contributed by atoms with van der Waals surface area (Å²) in [5.74, 6) is -2.03. The van der Waals surface area contributed by atoms with Gasteiger partial charge in [0, 0.05) is 0 Å². The Hall–Kier alpha value is -2.21. The number of imide groups is 1. The number of carbonyl (C=O) groups excluding carboxylic acids is 3. The number of aliphatic hydroxyl groups is 1. The summed E-state index contributed by atoms with van der Waals surface area (Å²) >= 11 is 0. The molecule has 6 nitrogen and oxygen atoms in total. The van der Waals surface area contributed by atoms with Gasteiger partial charge in [0.1, 0.15) is 0 Å². The minimum atomic E-state index is -1.34. The molecule has 1 aliphatic rings. The minimum Gasteiger partial charge on any atom is -0.467 e. The van der Waals surface area contributed by atoms with Gasteiger partial charge >= 0.3 is 5.97 Å². The van der Waals surface area contributed by atoms with Crippen molar-refractivity contribution in [3.63, 3.8) is 0 Å². The summed E-state index contributed by atoms with van der Waals surface area (Å²) in [7, 11) is 1.13. The topological polar surface area (TPSA) is 83.9 Å². The summed E-state index contributed by atoms with van der Waals surface area (Å²) in [5.41, 5.74) is 0.448. The van der Waals surface area contributed by atoms with Crippen LogP contribution in [0.5, 0.6) is 0 Å². The van der Waals surface area contributed by atoms with E-state index in [2.05, 4.69) is 4.74 Å². The van der Waals surface area contributed by atoms with Crippen LogP contribution in [0.25, 0.3) is 0 Å². The Balaban J connectivity index is 2.45. The quantitative estimate of drug-likeness (QED) is 0.622. The first kappa shape index (κ1) is 13.2. The first-order valence-electron chi connectivity index (χ1n) is 5.72. The second kappa shape index (κ2) is 4.81. The van der Waals surface area contributed by atoms with E-state index in [-0.39, 0.29) is 11.1 Å². The van der Waals surface area contributed by atoms with Crippen LogP contribution in [0.1, 0.15) is 27.6 Å². The van der Waals surface area contributed by atoms with E-state index >= 15 is 0 Å². The highest BCUT2D eigenvalue weighted by Gasteiger charge is 2.45. The molecule has 0 bridgehead atoms. The molecule has 1 heterocycles. The molecule has 2 atom stereocenters. The van der Waals surface area contributed by atoms with E-state index in [1.165, 1.54) is 19.1 Å². The number of nitrogens with zero attached hydrogens (tertiary/aromatic N) is 1. The van der Waals surface area contributed by atoms with Crippen LogP contribution in [0, 0.1) is 0 Å². The maximum atomic E-state index is 12.2. The number of aliphatic hydroxyl groups excluding tert-OH is 1. The van der Waals surface area contributed by atoms with Crippen molar-refractivity contribution in [2.45, 2.75) is 19.1 Å². The van der Waals surface area contributed by atoms with Gasteiger partial charge in [0.05, 0.1) is 24.3 Å². The zero-order valence-electron chi connectivity index (χ0n) is 10.5. The molecule has 100 valence electrons. The number of fused-ring (bicyclic) bond motifs is 1. The maximum Gasteiger partial charge on any atom is 0.331 e. The van der Waals surface area contributed by atoms with Crippen molar-refractivity contribution in [1.29, 1.82) is 0 Å². The fourth-order valence-electron chi connectivity index (χ4n) is 2.10. The normalized spacial score (nSPS) is 17.1. The zero-order chi connectivity index (χ0) is 14.2. The van der Waals surface area contributed by atoms with Gasteiger partial charge in [-0.15, -0.1) is 0 Å². The summed E-state index contributed by atoms with van der Waals surface area (Å²) in [4.78, 5) is 36.7. The number of esters is 1. The second-order valence-corrected chi connectivity index (χ2v) is 4.23. The number of hydrogen-bond acceptors (Lipinski definition) is 5. The van der Waals surface area contributed by atoms with Gasteiger partial charge in [0.15, 0.2) is 6.04 Å². The monoisotopic (exact) mass is 263 g/mol. The van der Waals surface area contributed by atoms with Crippen molar-refractivity contribution in [3.05, 3.63) is 35.4 Å². The molecule has 2 rings (SSSR count). The summed E-state index contributed by atoms with van der Waals surface area (Å²) < 4.78 is 4.54. The van der Waals surface area contributed by atoms with Crippen LogP contribution in [0.15, 0.2) is 24.3 Å². The molecule has 0 saturated heterocycles. The molecule has 2 unspecified atom stereocenters. The number of hydrogen-bond donors (Lipinski definition) is 1. The molecule has 1 aromatic rings. The van der Waals surface area contributed by atoms with Gasteiger partial charge in [0.25, 0.3) is 11.8 Å². The molecule has 0 aliphatic carbocycles. The minimum absolute atomic E-state index is 0.224. The predicted molar refractivity (Wildman–Crippen MR) is 64.4 cm³/mol. The van der Waals surface area contributed by atoms with E-state index in [4.69, 9.17) is 0 Å². The standard InChI is InChI=1S/C13H13NO5/c1-7(15)10(13(18)19-2)14-11(16)8-5-3-4-6-9(8)12(14)17/h3-7,10,15H,1-2H3. The Kier molecular flexibility index (Phi) is 3.35. The Morgan fingerprint density at radius 1 is 1.21 bits per heavy atom. The van der Waals surface area contributed by atoms with Crippen LogP contribution in [0.2, 0.25) is 0 Å². The second-order valence-electron chi connectivity index (χ2n) is 4.23. The highest BCUT2D eigenvalue weighted by Crippen LogP contribution is 2.25. The van der Waals surface area contributed by atoms with Crippen molar-refractivity contribution in [2.75, 3.05) is 7.11 Å². The summed E-state index contributed by atoms with van der Waals surface area (Å²) in [6, 6.07) is 4.93. The van der Waals surface area contributed by atoms with Gasteiger partial charge in [-0.1, -0.05) is 12.1 Å². The predicted octanol–water partition coefficient (Wildman–Crippen LogP) is 0.205. The lowest BCUT2D eigenvalue weighted by Gasteiger charge is -2.25. The van der Waals surface area contributed by atoms with Gasteiger partial charge in [-0.2, -0.15) is 0 Å². The number of methoxy groups -OCH3 is 1. The van der Waals surface area contributed by atoms with Gasteiger partial charge < -0.3 is 9.84 Å². The van der Waals surface area contributed by atoms with Gasteiger partial charge in [0.2, 0.25) is 0 Å². The first-order chi connectivity index (χ1) is 8.99. The number of benzene rings is 1. The third-order valence-corrected chi connectivity index (χ3v) is 3.00. The first-order valence-corrected chi connectivity index (χ1v) is 5.72. The molecule has 6 heteroatoms. The number of rotatable bonds is 3. The molecule has 19 heavy (non-hydrogen) atoms. The largest absolute Gasteiger partial charge is 0.467 e. The van der Waals surface area contributed by atoms with Crippen molar-refractivity contribution in [3.8, 4) is 0 Å². The number of amides is 2. The Morgan fingerprint density at radius 2 is 1.68 bits per heavy atom. The molecule has 0 aromatic heterocycles. The highest BCUT2D eigenvalue weighted by atomic mass is 16.5. The maximum absolute atomic E-state index is 12.2. The van der Waals surface area contributed by atoms with Crippen LogP contribution in [0.3, 0.4) is 0 Å². The molecule has 0 saturated carbocycles. The average molecular weight is 263 g/mol. The fourth-order valence-corrected chi connectivity index (χ4v) is 2.10. The van der Waals surface area contributed by atoms with Crippen molar-refractivity contribution < 1.29 is 24.2 Å². The third-order valence-electron chi connectivity index (χ3n) is 3.00. The van der Waals surface area contributed by atoms with E-state index in [0.717, 1.165) is 12.0 Å². The Bertz CT molecular complexity index is 517. The van der Waals surface area contributed by atoms with E-state index in [1.54, 1.807) is 12.1 Å². The summed E-state index contributed by atoms with van der Waals surface area (Å²) in [6.45, 7) is 1.32. The number of carbonyl (C=O) groups is 3. The van der Waals surface area contributed by atoms with E-state index in [0.29, 0.717) is 0 Å². The molecule has 2 amide bonds. The van der Waals surface area contributed by atoms with Gasteiger partial charge in [-0.25, -0.2) is 4.79 Å². The SMILES string of the molecule is COC(=O)C(C(C)O)N1C(=O)c2ccccc2C1=O. The molecule has 1 aliphatic heterocycles. The van der Waals surface area contributed by atoms with Crippen molar-refractivity contribution in [1.82, 2.24) is 4.90 Å². The number of ether oxygens (including phenoxy) is 1. The van der Waals surface area contributed by atoms with Gasteiger partial charge in [-0.05, 0) is 19.1 Å². The molecule has 0 radical (unpaired) electrons. The smallest absolute Gasteiger partial charge is 0.331 e. The summed E-state index contributed by atoms with van der Waals surface area (Å²) in [5, 5.41) is 9.64. The average Bonchev–Trinajstić information content (AvgIpc) is 2.64. The highest BCUT2D eigenvalue weighted by molar-refractivity contribution is 6.22. The van der Waals surface area contributed by atoms with E-state index in [1.807, 2.05) is 0 Å². The van der Waals surface area contributed by atoms with Crippen molar-refractivity contribution in [2.24, 2.45) is 0 Å². The van der Waals surface area contributed by atoms with E-state index < -0.39 is 29.9 Å². The van der Waals surface area contributed by atoms with E-state index in [9.17, 15) is 19.5 Å². The van der Waals surface area contributed by atoms with Crippen LogP contribution < -0.4 is 0 Å². The van der Waals surface area contributed by atoms with Crippen molar-refractivity contribution >= 4 is 17.8 Å². The van der Waals surface area contributed by atoms with Gasteiger partial charge in [-0.3, -0.25) is 14.5 Å². The zero-order valence-corrected chi connectivity index (χ0v) is 10.5. The molecule has 0 spiro atoms. The summed E-state index contributed by atoms with van der Waals surface area (Å²) in [6.07, 6.45) is -1.21. The third kappa shape index (κ3) is 2.00. The Morgan fingerprint density at radius 3 is 2.05 bits per heavy atom. The lowest BCUT2D eigenvalue weighted by atomic mass is 10.1. The lowest BCUT2D eigenvalue weighted by Crippen LogP contribution is -2.51. The molecule has 1 aromatic carbocycles. The van der Waals surface area contributed by atoms with Crippen LogP contribution in [-0.2, 0) is 9.53 Å². The van der Waals surface area contributed by atoms with Crippen LogP contribution >= 0.6 is 0 Å². The Labute approximate surface area is 109 Å². The molecular weight excluding hydrogens is 250 g/mol. The lowest BCUT2D eigenvalue weighted by molar-refractivity contribution is -0.148. The molecule has 0 fully saturated rings.